The molecule has 1 aliphatic rings. The van der Waals surface area contributed by atoms with Gasteiger partial charge in [0.2, 0.25) is 5.91 Å². The zero-order chi connectivity index (χ0) is 24.6. The lowest BCUT2D eigenvalue weighted by atomic mass is 10.1. The zero-order valence-electron chi connectivity index (χ0n) is 19.7. The summed E-state index contributed by atoms with van der Waals surface area (Å²) in [6.45, 7) is 4.11. The van der Waals surface area contributed by atoms with Gasteiger partial charge < -0.3 is 19.9 Å². The molecule has 186 valence electrons. The van der Waals surface area contributed by atoms with Crippen LogP contribution in [0.4, 0.5) is 5.69 Å². The number of carbonyl (C=O) groups is 1. The lowest BCUT2D eigenvalue weighted by Crippen LogP contribution is -2.36. The van der Waals surface area contributed by atoms with Gasteiger partial charge in [0.25, 0.3) is 5.56 Å². The molecule has 3 aromatic rings. The Morgan fingerprint density at radius 3 is 2.71 bits per heavy atom. The third-order valence-corrected chi connectivity index (χ3v) is 6.99. The summed E-state index contributed by atoms with van der Waals surface area (Å²) in [5.41, 5.74) is 2.73. The molecule has 2 heterocycles. The van der Waals surface area contributed by atoms with Crippen molar-refractivity contribution in [3.8, 4) is 0 Å². The van der Waals surface area contributed by atoms with E-state index in [2.05, 4.69) is 15.2 Å². The molecule has 35 heavy (non-hydrogen) atoms. The van der Waals surface area contributed by atoms with E-state index in [0.717, 1.165) is 54.1 Å². The van der Waals surface area contributed by atoms with Gasteiger partial charge in [-0.15, -0.1) is 0 Å². The fourth-order valence-corrected chi connectivity index (χ4v) is 4.83. The van der Waals surface area contributed by atoms with E-state index in [0.29, 0.717) is 49.3 Å². The Morgan fingerprint density at radius 2 is 1.91 bits per heavy atom. The van der Waals surface area contributed by atoms with E-state index < -0.39 is 0 Å². The van der Waals surface area contributed by atoms with E-state index in [-0.39, 0.29) is 11.5 Å². The van der Waals surface area contributed by atoms with Crippen LogP contribution in [0.5, 0.6) is 0 Å². The van der Waals surface area contributed by atoms with E-state index in [1.165, 1.54) is 0 Å². The van der Waals surface area contributed by atoms with Crippen LogP contribution >= 0.6 is 23.8 Å². The number of fused-ring (bicyclic) bond motifs is 1. The number of H-pyrrole nitrogens is 1. The smallest absolute Gasteiger partial charge is 0.262 e. The first-order valence-electron chi connectivity index (χ1n) is 12.1. The number of unbranched alkanes of at least 4 members (excludes halogenated alkanes) is 2. The maximum Gasteiger partial charge on any atom is 0.262 e. The fraction of sp³-hybridized carbons (Fsp3) is 0.423. The Kier molecular flexibility index (Phi) is 8.95. The molecule has 1 aliphatic heterocycles. The Morgan fingerprint density at radius 1 is 1.11 bits per heavy atom. The second kappa shape index (κ2) is 12.3. The van der Waals surface area contributed by atoms with Gasteiger partial charge in [-0.05, 0) is 61.3 Å². The van der Waals surface area contributed by atoms with Gasteiger partial charge in [-0.2, -0.15) is 0 Å². The van der Waals surface area contributed by atoms with Gasteiger partial charge in [0.1, 0.15) is 0 Å². The second-order valence-corrected chi connectivity index (χ2v) is 9.51. The first-order valence-corrected chi connectivity index (χ1v) is 12.9. The van der Waals surface area contributed by atoms with Crippen LogP contribution in [0.15, 0.2) is 47.3 Å². The monoisotopic (exact) mass is 514 g/mol. The SMILES string of the molecule is O=C(CCCCCn1c(=S)[nH]c2ccc(N3CCOCC3)cc2c1=O)NCCc1ccccc1Cl. The van der Waals surface area contributed by atoms with Crippen molar-refractivity contribution in [3.05, 3.63) is 68.2 Å². The van der Waals surface area contributed by atoms with Crippen LogP contribution in [0.25, 0.3) is 10.9 Å². The third-order valence-electron chi connectivity index (χ3n) is 6.30. The van der Waals surface area contributed by atoms with Gasteiger partial charge in [0.15, 0.2) is 4.77 Å². The molecule has 1 saturated heterocycles. The number of anilines is 1. The number of hydrogen-bond donors (Lipinski definition) is 2. The number of ether oxygens (including phenoxy) is 1. The van der Waals surface area contributed by atoms with Crippen molar-refractivity contribution >= 4 is 46.3 Å². The highest BCUT2D eigenvalue weighted by molar-refractivity contribution is 7.71. The summed E-state index contributed by atoms with van der Waals surface area (Å²) in [6, 6.07) is 13.5. The number of amides is 1. The molecule has 1 aromatic heterocycles. The minimum Gasteiger partial charge on any atom is -0.378 e. The zero-order valence-corrected chi connectivity index (χ0v) is 21.3. The van der Waals surface area contributed by atoms with Crippen molar-refractivity contribution in [2.24, 2.45) is 0 Å². The lowest BCUT2D eigenvalue weighted by molar-refractivity contribution is -0.121. The van der Waals surface area contributed by atoms with E-state index in [1.54, 1.807) is 4.57 Å². The van der Waals surface area contributed by atoms with Crippen LogP contribution in [-0.4, -0.2) is 48.3 Å². The predicted molar refractivity (Wildman–Crippen MR) is 143 cm³/mol. The van der Waals surface area contributed by atoms with Crippen LogP contribution < -0.4 is 15.8 Å². The molecular weight excluding hydrogens is 484 g/mol. The summed E-state index contributed by atoms with van der Waals surface area (Å²) < 4.78 is 7.49. The highest BCUT2D eigenvalue weighted by Gasteiger charge is 2.13. The molecule has 0 saturated carbocycles. The molecule has 0 aliphatic carbocycles. The van der Waals surface area contributed by atoms with Gasteiger partial charge in [0, 0.05) is 43.3 Å². The number of morpholine rings is 1. The van der Waals surface area contributed by atoms with Crippen LogP contribution in [0, 0.1) is 4.77 Å². The quantitative estimate of drug-likeness (QED) is 0.308. The van der Waals surface area contributed by atoms with Crippen molar-refractivity contribution in [2.45, 2.75) is 38.6 Å². The van der Waals surface area contributed by atoms with E-state index >= 15 is 0 Å². The Bertz CT molecular complexity index is 1280. The number of nitrogens with one attached hydrogen (secondary N) is 2. The van der Waals surface area contributed by atoms with Crippen molar-refractivity contribution in [1.82, 2.24) is 14.9 Å². The second-order valence-electron chi connectivity index (χ2n) is 8.72. The summed E-state index contributed by atoms with van der Waals surface area (Å²) in [5, 5.41) is 4.31. The topological polar surface area (TPSA) is 79.4 Å². The molecule has 0 bridgehead atoms. The standard InChI is InChI=1S/C26H31ClN4O3S/c27-22-7-4-3-6-19(22)11-12-28-24(32)8-2-1-5-13-31-25(33)21-18-20(30-14-16-34-17-15-30)9-10-23(21)29-26(31)35/h3-4,6-7,9-10,18H,1-2,5,8,11-17H2,(H,28,32)(H,29,35). The first kappa shape index (κ1) is 25.4. The van der Waals surface area contributed by atoms with E-state index in [4.69, 9.17) is 28.6 Å². The number of nitrogens with zero attached hydrogens (tertiary/aromatic N) is 2. The summed E-state index contributed by atoms with van der Waals surface area (Å²) in [6.07, 6.45) is 3.55. The van der Waals surface area contributed by atoms with Crippen LogP contribution in [0.1, 0.15) is 31.2 Å². The van der Waals surface area contributed by atoms with E-state index in [9.17, 15) is 9.59 Å². The molecule has 0 spiro atoms. The number of halogens is 1. The lowest BCUT2D eigenvalue weighted by Gasteiger charge is -2.29. The van der Waals surface area contributed by atoms with Gasteiger partial charge in [-0.3, -0.25) is 14.2 Å². The van der Waals surface area contributed by atoms with Gasteiger partial charge in [0.05, 0.1) is 24.1 Å². The number of carbonyl (C=O) groups excluding carboxylic acids is 1. The van der Waals surface area contributed by atoms with Crippen molar-refractivity contribution in [2.75, 3.05) is 37.7 Å². The third kappa shape index (κ3) is 6.72. The maximum absolute atomic E-state index is 13.2. The number of aromatic amines is 1. The minimum absolute atomic E-state index is 0.0351. The summed E-state index contributed by atoms with van der Waals surface area (Å²) in [5.74, 6) is 0.0351. The molecular formula is C26H31ClN4O3S. The maximum atomic E-state index is 13.2. The Labute approximate surface area is 215 Å². The fourth-order valence-electron chi connectivity index (χ4n) is 4.32. The van der Waals surface area contributed by atoms with Gasteiger partial charge >= 0.3 is 0 Å². The van der Waals surface area contributed by atoms with E-state index in [1.807, 2.05) is 42.5 Å². The molecule has 7 nitrogen and oxygen atoms in total. The first-order chi connectivity index (χ1) is 17.0. The number of aromatic nitrogens is 2. The molecule has 0 unspecified atom stereocenters. The van der Waals surface area contributed by atoms with Crippen molar-refractivity contribution < 1.29 is 9.53 Å². The highest BCUT2D eigenvalue weighted by Crippen LogP contribution is 2.20. The molecule has 2 aromatic carbocycles. The molecule has 1 fully saturated rings. The molecule has 2 N–H and O–H groups in total. The normalized spacial score (nSPS) is 13.8. The molecule has 1 amide bonds. The van der Waals surface area contributed by atoms with Gasteiger partial charge in [-0.25, -0.2) is 0 Å². The predicted octanol–water partition coefficient (Wildman–Crippen LogP) is 4.47. The van der Waals surface area contributed by atoms with Crippen molar-refractivity contribution in [1.29, 1.82) is 0 Å². The van der Waals surface area contributed by atoms with Crippen molar-refractivity contribution in [3.63, 3.8) is 0 Å². The Hall–Kier alpha value is -2.68. The number of hydrogen-bond acceptors (Lipinski definition) is 5. The average Bonchev–Trinajstić information content (AvgIpc) is 2.87. The number of benzene rings is 2. The average molecular weight is 515 g/mol. The summed E-state index contributed by atoms with van der Waals surface area (Å²) >= 11 is 11.6. The van der Waals surface area contributed by atoms with Crippen LogP contribution in [-0.2, 0) is 22.5 Å². The van der Waals surface area contributed by atoms with Crippen LogP contribution in [0.2, 0.25) is 5.02 Å². The Balaban J connectivity index is 1.26. The number of rotatable bonds is 10. The molecule has 9 heteroatoms. The van der Waals surface area contributed by atoms with Gasteiger partial charge in [-0.1, -0.05) is 36.2 Å². The largest absolute Gasteiger partial charge is 0.378 e. The minimum atomic E-state index is -0.0730. The molecule has 0 radical (unpaired) electrons. The summed E-state index contributed by atoms with van der Waals surface area (Å²) in [4.78, 5) is 30.7. The van der Waals surface area contributed by atoms with Crippen LogP contribution in [0.3, 0.4) is 0 Å². The highest BCUT2D eigenvalue weighted by atomic mass is 35.5. The summed E-state index contributed by atoms with van der Waals surface area (Å²) in [7, 11) is 0. The molecule has 0 atom stereocenters. The molecule has 4 rings (SSSR count).